The molecule has 2 aromatic rings. The Balaban J connectivity index is 2.03. The van der Waals surface area contributed by atoms with E-state index in [1.165, 1.54) is 0 Å². The van der Waals surface area contributed by atoms with E-state index in [1.807, 2.05) is 35.0 Å². The lowest BCUT2D eigenvalue weighted by Crippen LogP contribution is -2.36. The van der Waals surface area contributed by atoms with E-state index in [4.69, 9.17) is 0 Å². The lowest BCUT2D eigenvalue weighted by Gasteiger charge is -2.19. The van der Waals surface area contributed by atoms with E-state index in [-0.39, 0.29) is 12.6 Å². The summed E-state index contributed by atoms with van der Waals surface area (Å²) in [5, 5.41) is 12.5. The Bertz CT molecular complexity index is 445. The van der Waals surface area contributed by atoms with Crippen LogP contribution < -0.4 is 5.32 Å². The number of pyridine rings is 1. The molecule has 2 aromatic heterocycles. The fraction of sp³-hybridized carbons (Fsp3) is 0.462. The lowest BCUT2D eigenvalue weighted by atomic mass is 10.1. The molecule has 0 fully saturated rings. The van der Waals surface area contributed by atoms with Crippen LogP contribution in [0.4, 0.5) is 0 Å². The lowest BCUT2D eigenvalue weighted by molar-refractivity contribution is 0.210. The van der Waals surface area contributed by atoms with Crippen molar-refractivity contribution in [2.45, 2.75) is 26.4 Å². The maximum Gasteiger partial charge on any atom is 0.137 e. The van der Waals surface area contributed by atoms with Crippen molar-refractivity contribution in [3.63, 3.8) is 0 Å². The van der Waals surface area contributed by atoms with Crippen molar-refractivity contribution in [2.24, 2.45) is 5.92 Å². The van der Waals surface area contributed by atoms with Crippen LogP contribution in [0.3, 0.4) is 0 Å². The average molecular weight is 233 g/mol. The second-order valence-electron chi connectivity index (χ2n) is 4.61. The van der Waals surface area contributed by atoms with Gasteiger partial charge in [0.15, 0.2) is 0 Å². The first-order valence-corrected chi connectivity index (χ1v) is 5.97. The third-order valence-electron chi connectivity index (χ3n) is 2.96. The second kappa shape index (κ2) is 5.29. The van der Waals surface area contributed by atoms with Crippen molar-refractivity contribution in [1.82, 2.24) is 14.7 Å². The Morgan fingerprint density at radius 2 is 2.24 bits per heavy atom. The molecule has 92 valence electrons. The van der Waals surface area contributed by atoms with Gasteiger partial charge in [-0.15, -0.1) is 0 Å². The van der Waals surface area contributed by atoms with Gasteiger partial charge in [-0.2, -0.15) is 0 Å². The van der Waals surface area contributed by atoms with E-state index >= 15 is 0 Å². The molecule has 0 aliphatic carbocycles. The SMILES string of the molecule is CC(C)C(CO)NCc1cn2ccccc2n1. The maximum atomic E-state index is 9.23. The molecule has 0 saturated heterocycles. The molecule has 17 heavy (non-hydrogen) atoms. The summed E-state index contributed by atoms with van der Waals surface area (Å²) in [6.07, 6.45) is 3.99. The quantitative estimate of drug-likeness (QED) is 0.821. The van der Waals surface area contributed by atoms with E-state index in [0.29, 0.717) is 12.5 Å². The molecule has 0 aliphatic heterocycles. The summed E-state index contributed by atoms with van der Waals surface area (Å²) in [6, 6.07) is 6.07. The number of nitrogens with one attached hydrogen (secondary N) is 1. The van der Waals surface area contributed by atoms with E-state index in [1.54, 1.807) is 0 Å². The van der Waals surface area contributed by atoms with Crippen LogP contribution in [0.15, 0.2) is 30.6 Å². The highest BCUT2D eigenvalue weighted by Gasteiger charge is 2.11. The molecular weight excluding hydrogens is 214 g/mol. The minimum Gasteiger partial charge on any atom is -0.395 e. The van der Waals surface area contributed by atoms with Gasteiger partial charge in [0.25, 0.3) is 0 Å². The van der Waals surface area contributed by atoms with Crippen LogP contribution in [-0.4, -0.2) is 27.1 Å². The summed E-state index contributed by atoms with van der Waals surface area (Å²) in [4.78, 5) is 4.50. The van der Waals surface area contributed by atoms with E-state index < -0.39 is 0 Å². The monoisotopic (exact) mass is 233 g/mol. The van der Waals surface area contributed by atoms with Crippen molar-refractivity contribution < 1.29 is 5.11 Å². The van der Waals surface area contributed by atoms with Crippen molar-refractivity contribution in [1.29, 1.82) is 0 Å². The minimum atomic E-state index is 0.125. The Kier molecular flexibility index (Phi) is 3.76. The molecule has 0 radical (unpaired) electrons. The molecule has 1 atom stereocenters. The first-order chi connectivity index (χ1) is 8.20. The highest BCUT2D eigenvalue weighted by atomic mass is 16.3. The van der Waals surface area contributed by atoms with Gasteiger partial charge in [0.2, 0.25) is 0 Å². The van der Waals surface area contributed by atoms with Gasteiger partial charge in [0.05, 0.1) is 12.3 Å². The molecule has 1 unspecified atom stereocenters. The van der Waals surface area contributed by atoms with Gasteiger partial charge in [-0.25, -0.2) is 4.98 Å². The number of rotatable bonds is 5. The molecule has 0 saturated carbocycles. The number of aliphatic hydroxyl groups excluding tert-OH is 1. The zero-order valence-corrected chi connectivity index (χ0v) is 10.3. The topological polar surface area (TPSA) is 49.6 Å². The van der Waals surface area contributed by atoms with Gasteiger partial charge in [0.1, 0.15) is 5.65 Å². The van der Waals surface area contributed by atoms with E-state index in [9.17, 15) is 5.11 Å². The first kappa shape index (κ1) is 12.1. The summed E-state index contributed by atoms with van der Waals surface area (Å²) in [6.45, 7) is 5.03. The highest BCUT2D eigenvalue weighted by molar-refractivity contribution is 5.39. The molecule has 0 aliphatic rings. The summed E-state index contributed by atoms with van der Waals surface area (Å²) in [5.41, 5.74) is 1.95. The van der Waals surface area contributed by atoms with Crippen LogP contribution in [0.5, 0.6) is 0 Å². The average Bonchev–Trinajstić information content (AvgIpc) is 2.71. The highest BCUT2D eigenvalue weighted by Crippen LogP contribution is 2.06. The normalized spacial score (nSPS) is 13.4. The largest absolute Gasteiger partial charge is 0.395 e. The molecule has 0 aromatic carbocycles. The molecule has 0 spiro atoms. The predicted molar refractivity (Wildman–Crippen MR) is 67.7 cm³/mol. The molecule has 2 N–H and O–H groups in total. The first-order valence-electron chi connectivity index (χ1n) is 5.97. The Morgan fingerprint density at radius 3 is 2.88 bits per heavy atom. The van der Waals surface area contributed by atoms with Gasteiger partial charge in [-0.1, -0.05) is 19.9 Å². The van der Waals surface area contributed by atoms with Crippen LogP contribution in [0, 0.1) is 5.92 Å². The third-order valence-corrected chi connectivity index (χ3v) is 2.96. The number of nitrogens with zero attached hydrogens (tertiary/aromatic N) is 2. The molecule has 4 nitrogen and oxygen atoms in total. The number of imidazole rings is 1. The fourth-order valence-corrected chi connectivity index (χ4v) is 1.82. The van der Waals surface area contributed by atoms with Crippen molar-refractivity contribution in [3.05, 3.63) is 36.3 Å². The van der Waals surface area contributed by atoms with E-state index in [2.05, 4.69) is 24.1 Å². The van der Waals surface area contributed by atoms with Gasteiger partial charge < -0.3 is 14.8 Å². The summed E-state index contributed by atoms with van der Waals surface area (Å²) in [7, 11) is 0. The van der Waals surface area contributed by atoms with Gasteiger partial charge in [-0.05, 0) is 18.1 Å². The van der Waals surface area contributed by atoms with Crippen LogP contribution in [0.25, 0.3) is 5.65 Å². The molecule has 2 heterocycles. The number of hydrogen-bond donors (Lipinski definition) is 2. The zero-order valence-electron chi connectivity index (χ0n) is 10.3. The Morgan fingerprint density at radius 1 is 1.41 bits per heavy atom. The molecule has 4 heteroatoms. The van der Waals surface area contributed by atoms with Crippen molar-refractivity contribution in [2.75, 3.05) is 6.61 Å². The summed E-state index contributed by atoms with van der Waals surface area (Å²) >= 11 is 0. The third kappa shape index (κ3) is 2.84. The number of aromatic nitrogens is 2. The molecule has 2 rings (SSSR count). The molecular formula is C13H19N3O. The van der Waals surface area contributed by atoms with Crippen LogP contribution in [0.2, 0.25) is 0 Å². The van der Waals surface area contributed by atoms with Crippen molar-refractivity contribution in [3.8, 4) is 0 Å². The smallest absolute Gasteiger partial charge is 0.137 e. The van der Waals surface area contributed by atoms with Crippen molar-refractivity contribution >= 4 is 5.65 Å². The number of aliphatic hydroxyl groups is 1. The summed E-state index contributed by atoms with van der Waals surface area (Å²) in [5.74, 6) is 0.414. The van der Waals surface area contributed by atoms with Crippen LogP contribution in [0.1, 0.15) is 19.5 Å². The minimum absolute atomic E-state index is 0.125. The number of hydrogen-bond acceptors (Lipinski definition) is 3. The Hall–Kier alpha value is -1.39. The predicted octanol–water partition coefficient (Wildman–Crippen LogP) is 1.44. The maximum absolute atomic E-state index is 9.23. The number of fused-ring (bicyclic) bond motifs is 1. The molecule has 0 bridgehead atoms. The van der Waals surface area contributed by atoms with Gasteiger partial charge in [0, 0.05) is 25.0 Å². The zero-order chi connectivity index (χ0) is 12.3. The molecule has 0 amide bonds. The van der Waals surface area contributed by atoms with Crippen LogP contribution >= 0.6 is 0 Å². The second-order valence-corrected chi connectivity index (χ2v) is 4.61. The van der Waals surface area contributed by atoms with Crippen LogP contribution in [-0.2, 0) is 6.54 Å². The summed E-state index contributed by atoms with van der Waals surface area (Å²) < 4.78 is 2.00. The van der Waals surface area contributed by atoms with E-state index in [0.717, 1.165) is 11.3 Å². The van der Waals surface area contributed by atoms with Gasteiger partial charge >= 0.3 is 0 Å². The standard InChI is InChI=1S/C13H19N3O/c1-10(2)12(9-17)14-7-11-8-16-6-4-3-5-13(16)15-11/h3-6,8,10,12,14,17H,7,9H2,1-2H3. The van der Waals surface area contributed by atoms with Gasteiger partial charge in [-0.3, -0.25) is 0 Å². The Labute approximate surface area is 101 Å². The fourth-order valence-electron chi connectivity index (χ4n) is 1.82.